The van der Waals surface area contributed by atoms with Gasteiger partial charge in [-0.2, -0.15) is 0 Å². The molecule has 4 aromatic rings. The molecule has 57 heavy (non-hydrogen) atoms. The molecule has 0 aliphatic heterocycles. The zero-order valence-corrected chi connectivity index (χ0v) is 37.5. The highest BCUT2D eigenvalue weighted by molar-refractivity contribution is 6.61. The second-order valence-corrected chi connectivity index (χ2v) is 18.5. The Balaban J connectivity index is 0.00000870. The van der Waals surface area contributed by atoms with E-state index >= 15 is 0 Å². The molecule has 0 unspecified atom stereocenters. The molecule has 314 valence electrons. The van der Waals surface area contributed by atoms with Gasteiger partial charge in [0.15, 0.2) is 0 Å². The Hall–Kier alpha value is -3.72. The number of carbonyl (C=O) groups is 2. The minimum absolute atomic E-state index is 0. The highest BCUT2D eigenvalue weighted by Crippen LogP contribution is 2.28. The van der Waals surface area contributed by atoms with Crippen LogP contribution in [-0.4, -0.2) is 87.4 Å². The van der Waals surface area contributed by atoms with Crippen LogP contribution in [0.3, 0.4) is 0 Å². The summed E-state index contributed by atoms with van der Waals surface area (Å²) in [7, 11) is -5.60. The summed E-state index contributed by atoms with van der Waals surface area (Å²) < 4.78 is 37.8. The highest BCUT2D eigenvalue weighted by Gasteiger charge is 2.40. The van der Waals surface area contributed by atoms with Crippen molar-refractivity contribution in [3.8, 4) is 5.69 Å². The monoisotopic (exact) mass is 844 g/mol. The Morgan fingerprint density at radius 2 is 0.965 bits per heavy atom. The van der Waals surface area contributed by atoms with Gasteiger partial charge in [0.2, 0.25) is 16.7 Å². The molecule has 0 aliphatic carbocycles. The van der Waals surface area contributed by atoms with Crippen LogP contribution in [0.5, 0.6) is 0 Å². The molecule has 3 aromatic carbocycles. The van der Waals surface area contributed by atoms with Crippen molar-refractivity contribution < 1.29 is 53.1 Å². The van der Waals surface area contributed by atoms with Crippen molar-refractivity contribution in [1.29, 1.82) is 0 Å². The van der Waals surface area contributed by atoms with E-state index in [1.54, 1.807) is 0 Å². The van der Waals surface area contributed by atoms with Gasteiger partial charge in [0.1, 0.15) is 11.0 Å². The van der Waals surface area contributed by atoms with Crippen molar-refractivity contribution in [2.24, 2.45) is 0 Å². The maximum atomic E-state index is 13.2. The molecular formula is C40H61ClN6O8Si2. The summed E-state index contributed by atoms with van der Waals surface area (Å²) >= 11 is 0. The van der Waals surface area contributed by atoms with Crippen molar-refractivity contribution >= 4 is 63.1 Å². The molecule has 4 N–H and O–H groups in total. The van der Waals surface area contributed by atoms with Gasteiger partial charge in [-0.25, -0.2) is 14.6 Å². The zero-order chi connectivity index (χ0) is 40.6. The number of carbonyl (C=O) groups excluding carboxylic acids is 2. The van der Waals surface area contributed by atoms with Crippen LogP contribution in [-0.2, 0) is 26.6 Å². The van der Waals surface area contributed by atoms with Gasteiger partial charge in [0.05, 0.1) is 11.4 Å². The minimum Gasteiger partial charge on any atom is -1.00 e. The molecule has 1 aromatic heterocycles. The Kier molecular flexibility index (Phi) is 19.8. The van der Waals surface area contributed by atoms with Crippen LogP contribution in [0.15, 0.2) is 54.6 Å². The van der Waals surface area contributed by atoms with Gasteiger partial charge >= 0.3 is 29.7 Å². The van der Waals surface area contributed by atoms with Crippen LogP contribution in [0.25, 0.3) is 27.8 Å². The quantitative estimate of drug-likeness (QED) is 0.0368. The van der Waals surface area contributed by atoms with E-state index < -0.39 is 17.6 Å². The summed E-state index contributed by atoms with van der Waals surface area (Å²) in [6, 6.07) is 18.4. The van der Waals surface area contributed by atoms with Gasteiger partial charge in [-0.3, -0.25) is 0 Å². The molecule has 4 rings (SSSR count). The van der Waals surface area contributed by atoms with E-state index in [0.717, 1.165) is 38.9 Å². The van der Waals surface area contributed by atoms with Gasteiger partial charge in [-0.1, -0.05) is 18.2 Å². The molecule has 14 nitrogen and oxygen atoms in total. The Morgan fingerprint density at radius 3 is 1.32 bits per heavy atom. The van der Waals surface area contributed by atoms with Gasteiger partial charge in [0, 0.05) is 89.1 Å². The number of hydrogen-bond acceptors (Lipinski definition) is 9. The van der Waals surface area contributed by atoms with E-state index in [0.29, 0.717) is 89.0 Å². The lowest BCUT2D eigenvalue weighted by atomic mass is 10.1. The lowest BCUT2D eigenvalue weighted by molar-refractivity contribution is -0.538. The topological polar surface area (TPSA) is 154 Å². The molecule has 17 heteroatoms. The predicted octanol–water partition coefficient (Wildman–Crippen LogP) is 4.41. The van der Waals surface area contributed by atoms with Crippen LogP contribution >= 0.6 is 0 Å². The van der Waals surface area contributed by atoms with Crippen molar-refractivity contribution in [3.05, 3.63) is 65.7 Å². The van der Waals surface area contributed by atoms with E-state index in [9.17, 15) is 9.59 Å². The fraction of sp³-hybridized carbons (Fsp3) is 0.500. The number of fused-ring (bicyclic) bond motifs is 2. The molecule has 0 saturated carbocycles. The third-order valence-electron chi connectivity index (χ3n) is 8.95. The number of rotatable bonds is 23. The SMILES string of the molecule is CCO[Si](CCCNC(=O)Nc1cc2c(cc1C)nc1cc(C)c(NC(=O)NCCC[Si](OCC)(OCC)OCC)cc1[n+]2-c1ccccc1)(OCC)OCC.[Cl-]. The number of aromatic nitrogens is 2. The predicted molar refractivity (Wildman–Crippen MR) is 224 cm³/mol. The van der Waals surface area contributed by atoms with Crippen LogP contribution < -0.4 is 38.2 Å². The summed E-state index contributed by atoms with van der Waals surface area (Å²) in [4.78, 5) is 31.4. The third kappa shape index (κ3) is 13.1. The molecule has 0 atom stereocenters. The molecule has 1 heterocycles. The molecule has 0 bridgehead atoms. The third-order valence-corrected chi connectivity index (χ3v) is 15.3. The maximum Gasteiger partial charge on any atom is 0.500 e. The number of urea groups is 2. The summed E-state index contributed by atoms with van der Waals surface area (Å²) in [5.74, 6) is 0. The van der Waals surface area contributed by atoms with Crippen molar-refractivity contribution in [2.75, 3.05) is 63.4 Å². The number of amides is 4. The van der Waals surface area contributed by atoms with E-state index in [-0.39, 0.29) is 24.5 Å². The average molecular weight is 846 g/mol. The lowest BCUT2D eigenvalue weighted by Crippen LogP contribution is -3.00. The van der Waals surface area contributed by atoms with Crippen molar-refractivity contribution in [1.82, 2.24) is 15.6 Å². The second kappa shape index (κ2) is 23.6. The standard InChI is InChI=1S/C40H60N6O8Si2.ClH/c1-9-49-55(50-10-2,51-11-3)24-18-22-41-39(47)44-33-28-37-35(26-30(33)7)43-36-27-31(8)34(29-38(36)46(37)32-20-16-15-17-21-32)45-40(48)42-23-19-25-56(52-12-4,53-13-5)54-14-6;/h15-17,20-21,26-29H,9-14,18-19,22-25H2,1-8H3,(H3,41,42,44,45,47,48);1H. The first-order valence-corrected chi connectivity index (χ1v) is 23.7. The number of hydrogen-bond donors (Lipinski definition) is 4. The number of anilines is 2. The van der Waals surface area contributed by atoms with E-state index in [2.05, 4.69) is 25.8 Å². The smallest absolute Gasteiger partial charge is 0.500 e. The zero-order valence-electron chi connectivity index (χ0n) is 34.7. The number of aryl methyl sites for hydroxylation is 2. The van der Waals surface area contributed by atoms with Crippen LogP contribution in [0.2, 0.25) is 12.1 Å². The average Bonchev–Trinajstić information content (AvgIpc) is 3.16. The largest absolute Gasteiger partial charge is 1.00 e. The molecule has 4 amide bonds. The van der Waals surface area contributed by atoms with Crippen molar-refractivity contribution in [3.63, 3.8) is 0 Å². The number of nitrogens with zero attached hydrogens (tertiary/aromatic N) is 2. The first kappa shape index (κ1) is 47.7. The summed E-state index contributed by atoms with van der Waals surface area (Å²) in [5.41, 5.74) is 7.03. The normalized spacial score (nSPS) is 11.7. The van der Waals surface area contributed by atoms with Crippen molar-refractivity contribution in [2.45, 2.75) is 80.3 Å². The number of benzene rings is 3. The molecule has 0 radical (unpaired) electrons. The first-order valence-electron chi connectivity index (χ1n) is 19.9. The van der Waals surface area contributed by atoms with Crippen LogP contribution in [0, 0.1) is 13.8 Å². The minimum atomic E-state index is -2.80. The molecule has 0 saturated heterocycles. The second-order valence-electron chi connectivity index (χ2n) is 13.0. The lowest BCUT2D eigenvalue weighted by Gasteiger charge is -2.28. The van der Waals surface area contributed by atoms with Gasteiger partial charge in [0.25, 0.3) is 0 Å². The fourth-order valence-corrected chi connectivity index (χ4v) is 11.9. The Bertz CT molecular complexity index is 1750. The molecule has 0 spiro atoms. The number of para-hydroxylation sites is 1. The van der Waals surface area contributed by atoms with Gasteiger partial charge in [-0.05, 0) is 91.5 Å². The Morgan fingerprint density at radius 1 is 0.596 bits per heavy atom. The van der Waals surface area contributed by atoms with E-state index in [1.807, 2.05) is 110 Å². The van der Waals surface area contributed by atoms with Gasteiger partial charge < -0.3 is 60.2 Å². The molecule has 0 aliphatic rings. The molecule has 0 fully saturated rings. The van der Waals surface area contributed by atoms with Gasteiger partial charge in [-0.15, -0.1) is 4.57 Å². The highest BCUT2D eigenvalue weighted by atomic mass is 35.5. The fourth-order valence-electron chi connectivity index (χ4n) is 6.63. The van der Waals surface area contributed by atoms with Crippen LogP contribution in [0.4, 0.5) is 21.0 Å². The van der Waals surface area contributed by atoms with E-state index in [1.165, 1.54) is 0 Å². The number of halogens is 1. The molecular weight excluding hydrogens is 784 g/mol. The summed E-state index contributed by atoms with van der Waals surface area (Å²) in [6.45, 7) is 19.4. The summed E-state index contributed by atoms with van der Waals surface area (Å²) in [6.07, 6.45) is 1.29. The van der Waals surface area contributed by atoms with Crippen LogP contribution in [0.1, 0.15) is 65.5 Å². The first-order chi connectivity index (χ1) is 27.1. The number of nitrogens with one attached hydrogen (secondary N) is 4. The van der Waals surface area contributed by atoms with E-state index in [4.69, 9.17) is 31.5 Å². The Labute approximate surface area is 345 Å². The maximum absolute atomic E-state index is 13.2. The summed E-state index contributed by atoms with van der Waals surface area (Å²) in [5, 5.41) is 12.0.